The van der Waals surface area contributed by atoms with Gasteiger partial charge in [-0.1, -0.05) is 28.1 Å². The van der Waals surface area contributed by atoms with Crippen molar-refractivity contribution in [2.75, 3.05) is 23.8 Å². The minimum absolute atomic E-state index is 0.0596. The van der Waals surface area contributed by atoms with Crippen LogP contribution in [0.25, 0.3) is 0 Å². The van der Waals surface area contributed by atoms with E-state index >= 15 is 0 Å². The summed E-state index contributed by atoms with van der Waals surface area (Å²) >= 11 is 3.17. The molecule has 4 nitrogen and oxygen atoms in total. The molecule has 0 unspecified atom stereocenters. The lowest BCUT2D eigenvalue weighted by Crippen LogP contribution is -2.33. The maximum atomic E-state index is 14.1. The molecule has 25 heavy (non-hydrogen) atoms. The molecule has 0 aromatic heterocycles. The molecule has 1 heterocycles. The van der Waals surface area contributed by atoms with Crippen molar-refractivity contribution in [3.63, 3.8) is 0 Å². The van der Waals surface area contributed by atoms with Crippen LogP contribution < -0.4 is 10.6 Å². The summed E-state index contributed by atoms with van der Waals surface area (Å²) in [7, 11) is 0. The number of benzene rings is 2. The number of carbonyl (C=O) groups is 1. The normalized spacial score (nSPS) is 16.2. The highest BCUT2D eigenvalue weighted by atomic mass is 79.9. The van der Waals surface area contributed by atoms with Gasteiger partial charge < -0.3 is 15.4 Å². The van der Waals surface area contributed by atoms with Gasteiger partial charge in [-0.05, 0) is 36.2 Å². The summed E-state index contributed by atoms with van der Waals surface area (Å²) in [5, 5.41) is 5.62. The first-order valence-electron chi connectivity index (χ1n) is 7.90. The molecule has 1 aliphatic heterocycles. The van der Waals surface area contributed by atoms with Gasteiger partial charge in [-0.3, -0.25) is 4.79 Å². The zero-order chi connectivity index (χ0) is 17.8. The fourth-order valence-electron chi connectivity index (χ4n) is 2.49. The molecule has 132 valence electrons. The summed E-state index contributed by atoms with van der Waals surface area (Å²) < 4.78 is 33.9. The van der Waals surface area contributed by atoms with Crippen LogP contribution in [0.4, 0.5) is 20.2 Å². The zero-order valence-electron chi connectivity index (χ0n) is 13.3. The molecule has 0 spiro atoms. The summed E-state index contributed by atoms with van der Waals surface area (Å²) in [4.78, 5) is 12.2. The monoisotopic (exact) mass is 410 g/mol. The van der Waals surface area contributed by atoms with Crippen molar-refractivity contribution in [2.45, 2.75) is 18.9 Å². The molecule has 2 aromatic carbocycles. The van der Waals surface area contributed by atoms with Gasteiger partial charge in [0.05, 0.1) is 18.2 Å². The Morgan fingerprint density at radius 2 is 2.04 bits per heavy atom. The van der Waals surface area contributed by atoms with E-state index in [9.17, 15) is 13.6 Å². The fraction of sp³-hybridized carbons (Fsp3) is 0.278. The van der Waals surface area contributed by atoms with Gasteiger partial charge in [-0.25, -0.2) is 8.78 Å². The minimum Gasteiger partial charge on any atom is -0.381 e. The van der Waals surface area contributed by atoms with Crippen LogP contribution in [0.2, 0.25) is 0 Å². The third-order valence-corrected chi connectivity index (χ3v) is 4.45. The lowest BCUT2D eigenvalue weighted by Gasteiger charge is -2.27. The van der Waals surface area contributed by atoms with Crippen molar-refractivity contribution in [3.8, 4) is 0 Å². The molecule has 1 fully saturated rings. The summed E-state index contributed by atoms with van der Waals surface area (Å²) in [6.07, 6.45) is 0.870. The van der Waals surface area contributed by atoms with E-state index in [1.807, 2.05) is 0 Å². The topological polar surface area (TPSA) is 50.4 Å². The lowest BCUT2D eigenvalue weighted by atomic mass is 10.1. The van der Waals surface area contributed by atoms with Gasteiger partial charge in [0.15, 0.2) is 0 Å². The van der Waals surface area contributed by atoms with Gasteiger partial charge >= 0.3 is 0 Å². The van der Waals surface area contributed by atoms with Crippen LogP contribution in [0, 0.1) is 11.6 Å². The van der Waals surface area contributed by atoms with Crippen molar-refractivity contribution in [3.05, 3.63) is 58.1 Å². The number of amides is 1. The quantitative estimate of drug-likeness (QED) is 0.753. The Hall–Kier alpha value is -1.99. The number of para-hydroxylation sites is 1. The second kappa shape index (κ2) is 7.93. The van der Waals surface area contributed by atoms with Crippen LogP contribution in [0.5, 0.6) is 0 Å². The summed E-state index contributed by atoms with van der Waals surface area (Å²) in [5.41, 5.74) is 0.777. The van der Waals surface area contributed by atoms with E-state index in [1.54, 1.807) is 18.2 Å². The summed E-state index contributed by atoms with van der Waals surface area (Å²) in [6.45, 7) is 1.27. The van der Waals surface area contributed by atoms with Gasteiger partial charge in [-0.15, -0.1) is 0 Å². The third-order valence-electron chi connectivity index (χ3n) is 3.96. The number of hydrogen-bond acceptors (Lipinski definition) is 3. The average Bonchev–Trinajstić information content (AvgIpc) is 2.52. The molecular formula is C18H17BrF2N2O2. The number of hydrogen-bond donors (Lipinski definition) is 2. The van der Waals surface area contributed by atoms with E-state index in [0.717, 1.165) is 13.0 Å². The highest BCUT2D eigenvalue weighted by Crippen LogP contribution is 2.26. The smallest absolute Gasteiger partial charge is 0.229 e. The molecule has 0 saturated carbocycles. The maximum absolute atomic E-state index is 14.1. The van der Waals surface area contributed by atoms with Crippen LogP contribution in [-0.2, 0) is 16.0 Å². The second-order valence-electron chi connectivity index (χ2n) is 5.79. The van der Waals surface area contributed by atoms with Crippen LogP contribution in [-0.4, -0.2) is 25.2 Å². The first kappa shape index (κ1) is 17.8. The highest BCUT2D eigenvalue weighted by molar-refractivity contribution is 9.10. The molecule has 1 aliphatic rings. The Balaban J connectivity index is 1.69. The van der Waals surface area contributed by atoms with Crippen molar-refractivity contribution in [1.82, 2.24) is 0 Å². The summed E-state index contributed by atoms with van der Waals surface area (Å²) in [5.74, 6) is -1.53. The summed E-state index contributed by atoms with van der Waals surface area (Å²) in [6, 6.07) is 8.97. The lowest BCUT2D eigenvalue weighted by molar-refractivity contribution is -0.115. The Morgan fingerprint density at radius 1 is 1.24 bits per heavy atom. The largest absolute Gasteiger partial charge is 0.381 e. The molecule has 1 atom stereocenters. The number of ether oxygens (including phenoxy) is 1. The molecule has 0 bridgehead atoms. The number of rotatable bonds is 6. The molecule has 0 aliphatic carbocycles. The minimum atomic E-state index is -0.552. The third kappa shape index (κ3) is 4.55. The van der Waals surface area contributed by atoms with Crippen molar-refractivity contribution >= 4 is 33.2 Å². The van der Waals surface area contributed by atoms with E-state index in [-0.39, 0.29) is 23.8 Å². The predicted molar refractivity (Wildman–Crippen MR) is 95.7 cm³/mol. The standard InChI is InChI=1S/C18H17BrF2N2O2/c19-12-5-4-11(15(21)9-12)8-17(24)23-18-14(20)2-1-3-16(18)22-10-13-6-7-25-13/h1-5,9,13,22H,6-8,10H2,(H,23,24)/t13-/m0/s1. The van der Waals surface area contributed by atoms with E-state index in [4.69, 9.17) is 4.74 Å². The van der Waals surface area contributed by atoms with Crippen molar-refractivity contribution in [2.24, 2.45) is 0 Å². The first-order valence-corrected chi connectivity index (χ1v) is 8.70. The second-order valence-corrected chi connectivity index (χ2v) is 6.70. The molecule has 2 aromatic rings. The molecule has 1 saturated heterocycles. The van der Waals surface area contributed by atoms with E-state index in [1.165, 1.54) is 18.2 Å². The van der Waals surface area contributed by atoms with Gasteiger partial charge in [0.2, 0.25) is 5.91 Å². The van der Waals surface area contributed by atoms with Crippen LogP contribution in [0.1, 0.15) is 12.0 Å². The first-order chi connectivity index (χ1) is 12.0. The van der Waals surface area contributed by atoms with Gasteiger partial charge in [0.25, 0.3) is 0 Å². The van der Waals surface area contributed by atoms with E-state index in [2.05, 4.69) is 26.6 Å². The molecule has 3 rings (SSSR count). The number of nitrogens with one attached hydrogen (secondary N) is 2. The molecular weight excluding hydrogens is 394 g/mol. The van der Waals surface area contributed by atoms with Crippen molar-refractivity contribution in [1.29, 1.82) is 0 Å². The zero-order valence-corrected chi connectivity index (χ0v) is 14.9. The molecule has 1 amide bonds. The maximum Gasteiger partial charge on any atom is 0.229 e. The van der Waals surface area contributed by atoms with Crippen LogP contribution in [0.15, 0.2) is 40.9 Å². The highest BCUT2D eigenvalue weighted by Gasteiger charge is 2.19. The molecule has 2 N–H and O–H groups in total. The van der Waals surface area contributed by atoms with E-state index < -0.39 is 17.5 Å². The SMILES string of the molecule is O=C(Cc1ccc(Br)cc1F)Nc1c(F)cccc1NC[C@@H]1CCO1. The Bertz CT molecular complexity index is 782. The molecule has 7 heteroatoms. The van der Waals surface area contributed by atoms with Crippen molar-refractivity contribution < 1.29 is 18.3 Å². The Kier molecular flexibility index (Phi) is 5.65. The van der Waals surface area contributed by atoms with Gasteiger partial charge in [0.1, 0.15) is 17.3 Å². The van der Waals surface area contributed by atoms with Crippen LogP contribution in [0.3, 0.4) is 0 Å². The number of anilines is 2. The molecule has 0 radical (unpaired) electrons. The number of carbonyl (C=O) groups excluding carboxylic acids is 1. The Morgan fingerprint density at radius 3 is 2.72 bits per heavy atom. The number of halogens is 3. The van der Waals surface area contributed by atoms with E-state index in [0.29, 0.717) is 16.7 Å². The average molecular weight is 411 g/mol. The van der Waals surface area contributed by atoms with Gasteiger partial charge in [-0.2, -0.15) is 0 Å². The Labute approximate surface area is 152 Å². The predicted octanol–water partition coefficient (Wildman–Crippen LogP) is 4.11. The fourth-order valence-corrected chi connectivity index (χ4v) is 2.82. The van der Waals surface area contributed by atoms with Gasteiger partial charge in [0, 0.05) is 17.6 Å². The van der Waals surface area contributed by atoms with Crippen LogP contribution >= 0.6 is 15.9 Å².